The van der Waals surface area contributed by atoms with Gasteiger partial charge in [0.05, 0.1) is 18.7 Å². The lowest BCUT2D eigenvalue weighted by Gasteiger charge is -2.41. The van der Waals surface area contributed by atoms with Gasteiger partial charge in [0, 0.05) is 50.0 Å². The zero-order chi connectivity index (χ0) is 19.6. The number of nitrogens with zero attached hydrogens (tertiary/aromatic N) is 4. The van der Waals surface area contributed by atoms with Crippen molar-refractivity contribution in [2.45, 2.75) is 59.5 Å². The minimum Gasteiger partial charge on any atom is -0.340 e. The third-order valence-corrected chi connectivity index (χ3v) is 5.71. The van der Waals surface area contributed by atoms with Crippen LogP contribution in [0.25, 0.3) is 0 Å². The molecule has 2 amide bonds. The van der Waals surface area contributed by atoms with Gasteiger partial charge < -0.3 is 15.1 Å². The molecule has 2 aliphatic rings. The van der Waals surface area contributed by atoms with Crippen LogP contribution < -0.4 is 5.32 Å². The minimum atomic E-state index is 0. The summed E-state index contributed by atoms with van der Waals surface area (Å²) in [6.45, 7) is 12.7. The number of rotatable bonds is 5. The average molecular weight is 412 g/mol. The molecule has 8 heteroatoms. The van der Waals surface area contributed by atoms with Gasteiger partial charge in [-0.1, -0.05) is 13.8 Å². The number of carbonyl (C=O) groups excluding carboxylic acids is 2. The van der Waals surface area contributed by atoms with E-state index in [2.05, 4.69) is 31.2 Å². The van der Waals surface area contributed by atoms with Crippen LogP contribution in [0.5, 0.6) is 0 Å². The number of amides is 2. The summed E-state index contributed by atoms with van der Waals surface area (Å²) in [5.74, 6) is 0.825. The topological polar surface area (TPSA) is 70.5 Å². The molecule has 0 saturated carbocycles. The summed E-state index contributed by atoms with van der Waals surface area (Å²) >= 11 is 0. The maximum absolute atomic E-state index is 13.0. The second-order valence-electron chi connectivity index (χ2n) is 8.30. The van der Waals surface area contributed by atoms with Gasteiger partial charge in [0.2, 0.25) is 11.8 Å². The quantitative estimate of drug-likeness (QED) is 0.797. The second-order valence-corrected chi connectivity index (χ2v) is 8.30. The number of carbonyl (C=O) groups is 2. The van der Waals surface area contributed by atoms with Gasteiger partial charge in [-0.2, -0.15) is 5.10 Å². The molecule has 158 valence electrons. The lowest BCUT2D eigenvalue weighted by Crippen LogP contribution is -2.57. The Kier molecular flexibility index (Phi) is 7.89. The van der Waals surface area contributed by atoms with Crippen molar-refractivity contribution in [1.82, 2.24) is 24.9 Å². The highest BCUT2D eigenvalue weighted by molar-refractivity contribution is 5.85. The van der Waals surface area contributed by atoms with Gasteiger partial charge in [-0.15, -0.1) is 12.4 Å². The molecule has 0 radical (unpaired) electrons. The monoisotopic (exact) mass is 411 g/mol. The fourth-order valence-corrected chi connectivity index (χ4v) is 4.22. The summed E-state index contributed by atoms with van der Waals surface area (Å²) in [7, 11) is 0. The molecule has 0 bridgehead atoms. The highest BCUT2D eigenvalue weighted by atomic mass is 35.5. The van der Waals surface area contributed by atoms with E-state index in [4.69, 9.17) is 0 Å². The number of likely N-dealkylation sites (tertiary alicyclic amines) is 1. The zero-order valence-electron chi connectivity index (χ0n) is 17.5. The van der Waals surface area contributed by atoms with E-state index in [1.807, 2.05) is 21.4 Å². The van der Waals surface area contributed by atoms with E-state index in [1.54, 1.807) is 0 Å². The van der Waals surface area contributed by atoms with E-state index in [0.717, 1.165) is 56.0 Å². The molecule has 2 aliphatic heterocycles. The van der Waals surface area contributed by atoms with Crippen LogP contribution in [-0.2, 0) is 22.6 Å². The summed E-state index contributed by atoms with van der Waals surface area (Å²) in [6.07, 6.45) is 2.34. The first kappa shape index (κ1) is 22.7. The second kappa shape index (κ2) is 9.74. The number of aromatic nitrogens is 2. The van der Waals surface area contributed by atoms with E-state index < -0.39 is 0 Å². The third kappa shape index (κ3) is 5.06. The number of hydrogen-bond donors (Lipinski definition) is 1. The van der Waals surface area contributed by atoms with Gasteiger partial charge in [0.1, 0.15) is 0 Å². The van der Waals surface area contributed by atoms with Crippen LogP contribution in [0.15, 0.2) is 0 Å². The van der Waals surface area contributed by atoms with Crippen molar-refractivity contribution >= 4 is 24.2 Å². The zero-order valence-corrected chi connectivity index (χ0v) is 18.3. The van der Waals surface area contributed by atoms with Crippen LogP contribution >= 0.6 is 12.4 Å². The molecule has 2 saturated heterocycles. The SMILES string of the molecule is Cc1nn(CC(C)C)c(C)c1CC(=O)N1CCCC(N2CCNCC2=O)C1.Cl. The van der Waals surface area contributed by atoms with Crippen molar-refractivity contribution < 1.29 is 9.59 Å². The van der Waals surface area contributed by atoms with Crippen LogP contribution in [0.3, 0.4) is 0 Å². The smallest absolute Gasteiger partial charge is 0.236 e. The maximum Gasteiger partial charge on any atom is 0.236 e. The molecule has 2 fully saturated rings. The molecule has 0 spiro atoms. The van der Waals surface area contributed by atoms with Gasteiger partial charge in [-0.25, -0.2) is 0 Å². The Morgan fingerprint density at radius 2 is 2.04 bits per heavy atom. The van der Waals surface area contributed by atoms with Gasteiger partial charge in [0.25, 0.3) is 0 Å². The van der Waals surface area contributed by atoms with Crippen LogP contribution in [-0.4, -0.2) is 70.2 Å². The van der Waals surface area contributed by atoms with Crippen LogP contribution in [0.2, 0.25) is 0 Å². The number of piperazine rings is 1. The molecule has 1 aromatic rings. The number of hydrogen-bond acceptors (Lipinski definition) is 4. The molecular formula is C20H34ClN5O2. The van der Waals surface area contributed by atoms with E-state index in [0.29, 0.717) is 25.4 Å². The molecule has 1 unspecified atom stereocenters. The lowest BCUT2D eigenvalue weighted by molar-refractivity contribution is -0.140. The third-order valence-electron chi connectivity index (χ3n) is 5.71. The standard InChI is InChI=1S/C20H33N5O2.ClH/c1-14(2)12-25-16(4)18(15(3)22-25)10-19(26)23-8-5-6-17(13-23)24-9-7-21-11-20(24)27;/h14,17,21H,5-13H2,1-4H3;1H. The Labute approximate surface area is 174 Å². The molecule has 7 nitrogen and oxygen atoms in total. The van der Waals surface area contributed by atoms with Crippen molar-refractivity contribution in [3.8, 4) is 0 Å². The van der Waals surface area contributed by atoms with E-state index in [9.17, 15) is 9.59 Å². The molecule has 1 N–H and O–H groups in total. The van der Waals surface area contributed by atoms with Crippen LogP contribution in [0.1, 0.15) is 43.6 Å². The molecule has 3 rings (SSSR count). The predicted octanol–water partition coefficient (Wildman–Crippen LogP) is 1.54. The number of nitrogens with one attached hydrogen (secondary N) is 1. The van der Waals surface area contributed by atoms with E-state index in [1.165, 1.54) is 0 Å². The predicted molar refractivity (Wildman–Crippen MR) is 112 cm³/mol. The van der Waals surface area contributed by atoms with E-state index in [-0.39, 0.29) is 30.3 Å². The molecule has 28 heavy (non-hydrogen) atoms. The summed E-state index contributed by atoms with van der Waals surface area (Å²) in [6, 6.07) is 0.156. The minimum absolute atomic E-state index is 0. The van der Waals surface area contributed by atoms with Crippen molar-refractivity contribution in [1.29, 1.82) is 0 Å². The summed E-state index contributed by atoms with van der Waals surface area (Å²) in [4.78, 5) is 29.1. The number of piperidine rings is 1. The molecule has 1 atom stereocenters. The summed E-state index contributed by atoms with van der Waals surface area (Å²) in [5, 5.41) is 7.75. The van der Waals surface area contributed by atoms with Crippen LogP contribution in [0, 0.1) is 19.8 Å². The number of aryl methyl sites for hydroxylation is 1. The Morgan fingerprint density at radius 1 is 1.29 bits per heavy atom. The molecular weight excluding hydrogens is 378 g/mol. The molecule has 0 aliphatic carbocycles. The molecule has 1 aromatic heterocycles. The normalized spacial score (nSPS) is 20.5. The summed E-state index contributed by atoms with van der Waals surface area (Å²) < 4.78 is 2.03. The average Bonchev–Trinajstić information content (AvgIpc) is 2.89. The molecule has 3 heterocycles. The Bertz CT molecular complexity index is 703. The Hall–Kier alpha value is -1.60. The van der Waals surface area contributed by atoms with Crippen molar-refractivity contribution in [2.75, 3.05) is 32.7 Å². The fraction of sp³-hybridized carbons (Fsp3) is 0.750. The Morgan fingerprint density at radius 3 is 2.71 bits per heavy atom. The Balaban J connectivity index is 0.00000280. The van der Waals surface area contributed by atoms with Gasteiger partial charge >= 0.3 is 0 Å². The first-order valence-electron chi connectivity index (χ1n) is 10.2. The van der Waals surface area contributed by atoms with Crippen LogP contribution in [0.4, 0.5) is 0 Å². The fourth-order valence-electron chi connectivity index (χ4n) is 4.22. The van der Waals surface area contributed by atoms with Gasteiger partial charge in [-0.05, 0) is 32.6 Å². The molecule has 0 aromatic carbocycles. The lowest BCUT2D eigenvalue weighted by atomic mass is 10.0. The number of halogens is 1. The largest absolute Gasteiger partial charge is 0.340 e. The van der Waals surface area contributed by atoms with E-state index >= 15 is 0 Å². The first-order valence-corrected chi connectivity index (χ1v) is 10.2. The highest BCUT2D eigenvalue weighted by Crippen LogP contribution is 2.20. The maximum atomic E-state index is 13.0. The highest BCUT2D eigenvalue weighted by Gasteiger charge is 2.32. The van der Waals surface area contributed by atoms with Gasteiger partial charge in [0.15, 0.2) is 0 Å². The van der Waals surface area contributed by atoms with Crippen molar-refractivity contribution in [3.63, 3.8) is 0 Å². The van der Waals surface area contributed by atoms with Crippen molar-refractivity contribution in [3.05, 3.63) is 17.0 Å². The van der Waals surface area contributed by atoms with Gasteiger partial charge in [-0.3, -0.25) is 14.3 Å². The first-order chi connectivity index (χ1) is 12.9. The summed E-state index contributed by atoms with van der Waals surface area (Å²) in [5.41, 5.74) is 3.11. The van der Waals surface area contributed by atoms with Crippen molar-refractivity contribution in [2.24, 2.45) is 5.92 Å².